The van der Waals surface area contributed by atoms with Gasteiger partial charge in [0.2, 0.25) is 0 Å². The van der Waals surface area contributed by atoms with Gasteiger partial charge in [0.15, 0.2) is 0 Å². The molecule has 0 aromatic carbocycles. The molecule has 0 spiro atoms. The number of amides is 1. The molecule has 1 saturated carbocycles. The Morgan fingerprint density at radius 2 is 2.09 bits per heavy atom. The summed E-state index contributed by atoms with van der Waals surface area (Å²) in [6.07, 6.45) is -0.324. The maximum Gasteiger partial charge on any atom is 0.433 e. The Bertz CT molecular complexity index is 567. The van der Waals surface area contributed by atoms with Crippen molar-refractivity contribution in [3.63, 3.8) is 0 Å². The average molecular weight is 314 g/mol. The van der Waals surface area contributed by atoms with Crippen LogP contribution in [0.4, 0.5) is 13.2 Å². The van der Waals surface area contributed by atoms with Gasteiger partial charge < -0.3 is 10.0 Å². The molecule has 22 heavy (non-hydrogen) atoms. The number of piperidine rings is 1. The molecule has 1 atom stereocenters. The summed E-state index contributed by atoms with van der Waals surface area (Å²) >= 11 is 0. The minimum absolute atomic E-state index is 0.0626. The SMILES string of the molecule is O=C(c1ccc(C(F)(F)F)nc1)N1CCCC(C2(O)CC2)C1. The topological polar surface area (TPSA) is 53.4 Å². The highest BCUT2D eigenvalue weighted by atomic mass is 19.4. The molecule has 2 heterocycles. The second-order valence-electron chi connectivity index (χ2n) is 6.12. The molecular formula is C15H17F3N2O2. The van der Waals surface area contributed by atoms with E-state index < -0.39 is 17.5 Å². The number of carbonyl (C=O) groups is 1. The molecule has 1 unspecified atom stereocenters. The fraction of sp³-hybridized carbons (Fsp3) is 0.600. The third-order valence-electron chi connectivity index (χ3n) is 4.53. The molecule has 1 saturated heterocycles. The zero-order chi connectivity index (χ0) is 16.0. The van der Waals surface area contributed by atoms with Crippen LogP contribution in [0.2, 0.25) is 0 Å². The van der Waals surface area contributed by atoms with E-state index in [4.69, 9.17) is 0 Å². The molecule has 7 heteroatoms. The summed E-state index contributed by atoms with van der Waals surface area (Å²) < 4.78 is 37.4. The molecule has 1 aliphatic heterocycles. The number of halogens is 3. The molecule has 4 nitrogen and oxygen atoms in total. The van der Waals surface area contributed by atoms with Crippen molar-refractivity contribution in [2.45, 2.75) is 37.5 Å². The van der Waals surface area contributed by atoms with E-state index in [1.54, 1.807) is 4.90 Å². The van der Waals surface area contributed by atoms with Crippen LogP contribution < -0.4 is 0 Å². The summed E-state index contributed by atoms with van der Waals surface area (Å²) in [4.78, 5) is 17.3. The highest BCUT2D eigenvalue weighted by Crippen LogP contribution is 2.45. The molecular weight excluding hydrogens is 297 g/mol. The maximum atomic E-state index is 12.5. The summed E-state index contributed by atoms with van der Waals surface area (Å²) in [5.41, 5.74) is -1.50. The van der Waals surface area contributed by atoms with Gasteiger partial charge >= 0.3 is 6.18 Å². The third-order valence-corrected chi connectivity index (χ3v) is 4.53. The van der Waals surface area contributed by atoms with Crippen LogP contribution in [-0.2, 0) is 6.18 Å². The standard InChI is InChI=1S/C15H17F3N2O2/c16-15(17,18)12-4-3-10(8-19-12)13(21)20-7-1-2-11(9-20)14(22)5-6-14/h3-4,8,11,22H,1-2,5-7,9H2. The molecule has 1 N–H and O–H groups in total. The van der Waals surface area contributed by atoms with Gasteiger partial charge in [-0.25, -0.2) is 0 Å². The van der Waals surface area contributed by atoms with Crippen molar-refractivity contribution in [2.24, 2.45) is 5.92 Å². The molecule has 0 radical (unpaired) electrons. The molecule has 120 valence electrons. The van der Waals surface area contributed by atoms with Crippen molar-refractivity contribution < 1.29 is 23.1 Å². The van der Waals surface area contributed by atoms with Crippen LogP contribution in [0, 0.1) is 5.92 Å². The average Bonchev–Trinajstić information content (AvgIpc) is 3.25. The second-order valence-corrected chi connectivity index (χ2v) is 6.12. The van der Waals surface area contributed by atoms with Gasteiger partial charge in [0.25, 0.3) is 5.91 Å². The first-order valence-corrected chi connectivity index (χ1v) is 7.34. The Kier molecular flexibility index (Phi) is 3.63. The Balaban J connectivity index is 1.70. The highest BCUT2D eigenvalue weighted by molar-refractivity contribution is 5.94. The fourth-order valence-corrected chi connectivity index (χ4v) is 3.01. The lowest BCUT2D eigenvalue weighted by Gasteiger charge is -2.35. The number of nitrogens with zero attached hydrogens (tertiary/aromatic N) is 2. The lowest BCUT2D eigenvalue weighted by Crippen LogP contribution is -2.44. The third kappa shape index (κ3) is 2.95. The van der Waals surface area contributed by atoms with Crippen molar-refractivity contribution in [2.75, 3.05) is 13.1 Å². The van der Waals surface area contributed by atoms with Crippen molar-refractivity contribution >= 4 is 5.91 Å². The minimum Gasteiger partial charge on any atom is -0.390 e. The van der Waals surface area contributed by atoms with Crippen LogP contribution in [0.3, 0.4) is 0 Å². The maximum absolute atomic E-state index is 12.5. The molecule has 2 fully saturated rings. The molecule has 3 rings (SSSR count). The van der Waals surface area contributed by atoms with Gasteiger partial charge in [-0.3, -0.25) is 9.78 Å². The van der Waals surface area contributed by atoms with E-state index in [9.17, 15) is 23.1 Å². The zero-order valence-electron chi connectivity index (χ0n) is 11.9. The number of rotatable bonds is 2. The van der Waals surface area contributed by atoms with Crippen LogP contribution >= 0.6 is 0 Å². The molecule has 1 aromatic rings. The monoisotopic (exact) mass is 314 g/mol. The van der Waals surface area contributed by atoms with E-state index in [1.807, 2.05) is 0 Å². The minimum atomic E-state index is -4.51. The molecule has 1 aliphatic carbocycles. The Hall–Kier alpha value is -1.63. The number of hydrogen-bond donors (Lipinski definition) is 1. The summed E-state index contributed by atoms with van der Waals surface area (Å²) in [5.74, 6) is -0.261. The van der Waals surface area contributed by atoms with E-state index in [-0.39, 0.29) is 17.4 Å². The second kappa shape index (κ2) is 5.22. The number of alkyl halides is 3. The van der Waals surface area contributed by atoms with Gasteiger partial charge in [-0.15, -0.1) is 0 Å². The van der Waals surface area contributed by atoms with E-state index in [2.05, 4.69) is 4.98 Å². The van der Waals surface area contributed by atoms with Crippen molar-refractivity contribution in [3.8, 4) is 0 Å². The van der Waals surface area contributed by atoms with Gasteiger partial charge in [0.05, 0.1) is 11.2 Å². The van der Waals surface area contributed by atoms with E-state index in [0.29, 0.717) is 13.1 Å². The number of likely N-dealkylation sites (tertiary alicyclic amines) is 1. The lowest BCUT2D eigenvalue weighted by atomic mass is 9.90. The quantitative estimate of drug-likeness (QED) is 0.912. The highest BCUT2D eigenvalue weighted by Gasteiger charge is 2.49. The molecule has 1 aromatic heterocycles. The van der Waals surface area contributed by atoms with E-state index in [1.165, 1.54) is 0 Å². The lowest BCUT2D eigenvalue weighted by molar-refractivity contribution is -0.141. The van der Waals surface area contributed by atoms with Crippen LogP contribution in [0.15, 0.2) is 18.3 Å². The van der Waals surface area contributed by atoms with Crippen molar-refractivity contribution in [3.05, 3.63) is 29.6 Å². The van der Waals surface area contributed by atoms with Crippen LogP contribution in [-0.4, -0.2) is 39.6 Å². The predicted octanol–water partition coefficient (Wildman–Crippen LogP) is 2.48. The van der Waals surface area contributed by atoms with Gasteiger partial charge in [0.1, 0.15) is 5.69 Å². The van der Waals surface area contributed by atoms with Crippen molar-refractivity contribution in [1.82, 2.24) is 9.88 Å². The van der Waals surface area contributed by atoms with E-state index >= 15 is 0 Å². The Morgan fingerprint density at radius 1 is 1.36 bits per heavy atom. The first-order valence-electron chi connectivity index (χ1n) is 7.34. The number of hydrogen-bond acceptors (Lipinski definition) is 3. The van der Waals surface area contributed by atoms with Gasteiger partial charge in [0, 0.05) is 25.2 Å². The zero-order valence-corrected chi connectivity index (χ0v) is 11.9. The van der Waals surface area contributed by atoms with E-state index in [0.717, 1.165) is 44.0 Å². The fourth-order valence-electron chi connectivity index (χ4n) is 3.01. The first-order chi connectivity index (χ1) is 10.3. The Morgan fingerprint density at radius 3 is 2.64 bits per heavy atom. The smallest absolute Gasteiger partial charge is 0.390 e. The Labute approximate surface area is 126 Å². The van der Waals surface area contributed by atoms with Crippen molar-refractivity contribution in [1.29, 1.82) is 0 Å². The van der Waals surface area contributed by atoms with Gasteiger partial charge in [-0.2, -0.15) is 13.2 Å². The largest absolute Gasteiger partial charge is 0.433 e. The van der Waals surface area contributed by atoms with Crippen LogP contribution in [0.1, 0.15) is 41.7 Å². The number of pyridine rings is 1. The summed E-state index contributed by atoms with van der Waals surface area (Å²) in [6, 6.07) is 1.98. The molecule has 0 bridgehead atoms. The number of aromatic nitrogens is 1. The van der Waals surface area contributed by atoms with Gasteiger partial charge in [-0.05, 0) is 37.8 Å². The number of aliphatic hydroxyl groups is 1. The first kappa shape index (κ1) is 15.3. The molecule has 2 aliphatic rings. The van der Waals surface area contributed by atoms with Crippen LogP contribution in [0.5, 0.6) is 0 Å². The van der Waals surface area contributed by atoms with Gasteiger partial charge in [-0.1, -0.05) is 0 Å². The summed E-state index contributed by atoms with van der Waals surface area (Å²) in [7, 11) is 0. The normalized spacial score (nSPS) is 24.2. The number of carbonyl (C=O) groups excluding carboxylic acids is 1. The predicted molar refractivity (Wildman–Crippen MR) is 72.1 cm³/mol. The molecule has 1 amide bonds. The summed E-state index contributed by atoms with van der Waals surface area (Å²) in [5, 5.41) is 10.2. The summed E-state index contributed by atoms with van der Waals surface area (Å²) in [6.45, 7) is 1.02. The van der Waals surface area contributed by atoms with Crippen LogP contribution in [0.25, 0.3) is 0 Å².